The van der Waals surface area contributed by atoms with Gasteiger partial charge in [0.05, 0.1) is 14.2 Å². The van der Waals surface area contributed by atoms with Crippen molar-refractivity contribution in [2.75, 3.05) is 45.7 Å². The fraction of sp³-hybridized carbons (Fsp3) is 0.350. The summed E-state index contributed by atoms with van der Waals surface area (Å²) in [5.74, 6) is 1.68. The molecule has 6 nitrogen and oxygen atoms in total. The Hall–Kier alpha value is -2.73. The van der Waals surface area contributed by atoms with E-state index < -0.39 is 0 Å². The van der Waals surface area contributed by atoms with Gasteiger partial charge in [-0.25, -0.2) is 4.79 Å². The molecule has 3 rings (SSSR count). The van der Waals surface area contributed by atoms with E-state index in [0.717, 1.165) is 36.8 Å². The summed E-state index contributed by atoms with van der Waals surface area (Å²) in [6.45, 7) is 3.92. The van der Waals surface area contributed by atoms with E-state index in [-0.39, 0.29) is 6.03 Å². The molecule has 0 bridgehead atoms. The number of carbonyl (C=O) groups is 1. The van der Waals surface area contributed by atoms with Gasteiger partial charge in [-0.1, -0.05) is 18.2 Å². The molecule has 2 aromatic carbocycles. The lowest BCUT2D eigenvalue weighted by molar-refractivity contribution is 0.142. The van der Waals surface area contributed by atoms with Gasteiger partial charge in [0.1, 0.15) is 11.5 Å². The number of piperazine rings is 1. The van der Waals surface area contributed by atoms with Gasteiger partial charge >= 0.3 is 6.03 Å². The second-order valence-electron chi connectivity index (χ2n) is 6.23. The molecule has 26 heavy (non-hydrogen) atoms. The normalized spacial score (nSPS) is 14.8. The molecular weight excluding hydrogens is 330 g/mol. The Bertz CT molecular complexity index is 725. The van der Waals surface area contributed by atoms with E-state index in [0.29, 0.717) is 13.1 Å². The van der Waals surface area contributed by atoms with Gasteiger partial charge in [-0.15, -0.1) is 0 Å². The summed E-state index contributed by atoms with van der Waals surface area (Å²) in [5, 5.41) is 2.94. The van der Waals surface area contributed by atoms with Crippen LogP contribution in [0.1, 0.15) is 5.56 Å². The highest BCUT2D eigenvalue weighted by Crippen LogP contribution is 2.20. The van der Waals surface area contributed by atoms with E-state index in [1.807, 2.05) is 47.4 Å². The smallest absolute Gasteiger partial charge is 0.321 e. The number of para-hydroxylation sites is 1. The quantitative estimate of drug-likeness (QED) is 0.896. The van der Waals surface area contributed by atoms with Crippen LogP contribution >= 0.6 is 0 Å². The monoisotopic (exact) mass is 355 g/mol. The minimum Gasteiger partial charge on any atom is -0.497 e. The topological polar surface area (TPSA) is 54.0 Å². The fourth-order valence-electron chi connectivity index (χ4n) is 3.06. The highest BCUT2D eigenvalue weighted by atomic mass is 16.5. The average molecular weight is 355 g/mol. The molecule has 0 unspecified atom stereocenters. The number of hydrogen-bond acceptors (Lipinski definition) is 4. The molecule has 0 atom stereocenters. The summed E-state index contributed by atoms with van der Waals surface area (Å²) in [6, 6.07) is 15.4. The average Bonchev–Trinajstić information content (AvgIpc) is 2.69. The van der Waals surface area contributed by atoms with Crippen molar-refractivity contribution in [1.82, 2.24) is 9.80 Å². The summed E-state index contributed by atoms with van der Waals surface area (Å²) in [4.78, 5) is 16.6. The van der Waals surface area contributed by atoms with Crippen LogP contribution in [0.2, 0.25) is 0 Å². The third-order valence-electron chi connectivity index (χ3n) is 4.59. The van der Waals surface area contributed by atoms with Crippen LogP contribution in [-0.4, -0.2) is 56.2 Å². The van der Waals surface area contributed by atoms with Gasteiger partial charge in [-0.2, -0.15) is 0 Å². The Morgan fingerprint density at radius 2 is 1.65 bits per heavy atom. The molecule has 1 N–H and O–H groups in total. The zero-order valence-corrected chi connectivity index (χ0v) is 15.3. The molecular formula is C20H25N3O3. The molecule has 1 aliphatic heterocycles. The number of methoxy groups -OCH3 is 2. The molecule has 0 saturated carbocycles. The number of carbonyl (C=O) groups excluding carboxylic acids is 1. The number of nitrogens with one attached hydrogen (secondary N) is 1. The number of nitrogens with zero attached hydrogens (tertiary/aromatic N) is 2. The van der Waals surface area contributed by atoms with E-state index >= 15 is 0 Å². The Morgan fingerprint density at radius 3 is 2.31 bits per heavy atom. The van der Waals surface area contributed by atoms with E-state index in [1.54, 1.807) is 14.2 Å². The largest absolute Gasteiger partial charge is 0.497 e. The number of ether oxygens (including phenoxy) is 2. The van der Waals surface area contributed by atoms with Gasteiger partial charge in [0.2, 0.25) is 0 Å². The van der Waals surface area contributed by atoms with Crippen LogP contribution in [0.4, 0.5) is 10.5 Å². The Morgan fingerprint density at radius 1 is 0.962 bits per heavy atom. The van der Waals surface area contributed by atoms with Crippen LogP contribution in [-0.2, 0) is 6.54 Å². The first kappa shape index (κ1) is 18.1. The van der Waals surface area contributed by atoms with E-state index in [9.17, 15) is 4.79 Å². The van der Waals surface area contributed by atoms with Gasteiger partial charge < -0.3 is 19.7 Å². The van der Waals surface area contributed by atoms with Crippen molar-refractivity contribution in [3.05, 3.63) is 54.1 Å². The second-order valence-corrected chi connectivity index (χ2v) is 6.23. The van der Waals surface area contributed by atoms with Crippen LogP contribution < -0.4 is 14.8 Å². The molecule has 0 aliphatic carbocycles. The second kappa shape index (κ2) is 8.58. The van der Waals surface area contributed by atoms with Gasteiger partial charge in [0, 0.05) is 44.0 Å². The minimum atomic E-state index is -0.0629. The van der Waals surface area contributed by atoms with Crippen molar-refractivity contribution in [1.29, 1.82) is 0 Å². The molecule has 2 aromatic rings. The zero-order chi connectivity index (χ0) is 18.4. The standard InChI is InChI=1S/C20H25N3O3/c1-25-18-9-7-17(8-10-18)21-20(24)23-13-11-22(12-14-23)15-16-5-3-4-6-19(16)26-2/h3-10H,11-15H2,1-2H3,(H,21,24). The maximum absolute atomic E-state index is 12.4. The third-order valence-corrected chi connectivity index (χ3v) is 4.59. The molecule has 138 valence electrons. The predicted octanol–water partition coefficient (Wildman–Crippen LogP) is 3.05. The lowest BCUT2D eigenvalue weighted by Crippen LogP contribution is -2.49. The van der Waals surface area contributed by atoms with Crippen LogP contribution in [0.15, 0.2) is 48.5 Å². The number of amides is 2. The molecule has 1 heterocycles. The molecule has 1 fully saturated rings. The van der Waals surface area contributed by atoms with Crippen molar-refractivity contribution < 1.29 is 14.3 Å². The van der Waals surface area contributed by atoms with E-state index in [1.165, 1.54) is 5.56 Å². The Labute approximate surface area is 154 Å². The number of benzene rings is 2. The Balaban J connectivity index is 1.50. The molecule has 2 amide bonds. The highest BCUT2D eigenvalue weighted by molar-refractivity contribution is 5.89. The molecule has 0 spiro atoms. The molecule has 6 heteroatoms. The molecule has 0 aromatic heterocycles. The van der Waals surface area contributed by atoms with Gasteiger partial charge in [-0.3, -0.25) is 4.90 Å². The Kier molecular flexibility index (Phi) is 5.96. The van der Waals surface area contributed by atoms with Gasteiger partial charge in [0.15, 0.2) is 0 Å². The van der Waals surface area contributed by atoms with Gasteiger partial charge in [0.25, 0.3) is 0 Å². The maximum Gasteiger partial charge on any atom is 0.321 e. The first-order valence-corrected chi connectivity index (χ1v) is 8.74. The number of hydrogen-bond donors (Lipinski definition) is 1. The molecule has 0 radical (unpaired) electrons. The van der Waals surface area contributed by atoms with Crippen LogP contribution in [0, 0.1) is 0 Å². The molecule has 1 saturated heterocycles. The van der Waals surface area contributed by atoms with Crippen LogP contribution in [0.25, 0.3) is 0 Å². The van der Waals surface area contributed by atoms with Gasteiger partial charge in [-0.05, 0) is 30.3 Å². The van der Waals surface area contributed by atoms with Crippen molar-refractivity contribution in [2.24, 2.45) is 0 Å². The third kappa shape index (κ3) is 4.46. The number of anilines is 1. The summed E-state index contributed by atoms with van der Waals surface area (Å²) in [7, 11) is 3.32. The van der Waals surface area contributed by atoms with Crippen molar-refractivity contribution in [2.45, 2.75) is 6.54 Å². The van der Waals surface area contributed by atoms with E-state index in [2.05, 4.69) is 16.3 Å². The lowest BCUT2D eigenvalue weighted by Gasteiger charge is -2.34. The van der Waals surface area contributed by atoms with Crippen molar-refractivity contribution >= 4 is 11.7 Å². The number of rotatable bonds is 5. The first-order valence-electron chi connectivity index (χ1n) is 8.74. The summed E-state index contributed by atoms with van der Waals surface area (Å²) < 4.78 is 10.5. The van der Waals surface area contributed by atoms with Crippen molar-refractivity contribution in [3.63, 3.8) is 0 Å². The van der Waals surface area contributed by atoms with E-state index in [4.69, 9.17) is 9.47 Å². The van der Waals surface area contributed by atoms with Crippen LogP contribution in [0.5, 0.6) is 11.5 Å². The molecule has 1 aliphatic rings. The summed E-state index contributed by atoms with van der Waals surface area (Å²) >= 11 is 0. The van der Waals surface area contributed by atoms with Crippen LogP contribution in [0.3, 0.4) is 0 Å². The fourth-order valence-corrected chi connectivity index (χ4v) is 3.06. The summed E-state index contributed by atoms with van der Waals surface area (Å²) in [6.07, 6.45) is 0. The SMILES string of the molecule is COc1ccc(NC(=O)N2CCN(Cc3ccccc3OC)CC2)cc1. The lowest BCUT2D eigenvalue weighted by atomic mass is 10.1. The summed E-state index contributed by atoms with van der Waals surface area (Å²) in [5.41, 5.74) is 1.94. The zero-order valence-electron chi connectivity index (χ0n) is 15.3. The minimum absolute atomic E-state index is 0.0629. The van der Waals surface area contributed by atoms with Crippen molar-refractivity contribution in [3.8, 4) is 11.5 Å². The maximum atomic E-state index is 12.4. The first-order chi connectivity index (χ1) is 12.7. The highest BCUT2D eigenvalue weighted by Gasteiger charge is 2.21. The number of urea groups is 1. The predicted molar refractivity (Wildman–Crippen MR) is 102 cm³/mol.